The Morgan fingerprint density at radius 2 is 1.67 bits per heavy atom. The molecule has 1 heterocycles. The minimum absolute atomic E-state index is 0.254. The highest BCUT2D eigenvalue weighted by atomic mass is 31.2. The smallest absolute Gasteiger partial charge is 0.356 e. The van der Waals surface area contributed by atoms with Crippen LogP contribution in [0.25, 0.3) is 0 Å². The number of hydrogen-bond donors (Lipinski definition) is 4. The Morgan fingerprint density at radius 1 is 1.42 bits per heavy atom. The van der Waals surface area contributed by atoms with Crippen LogP contribution in [0.1, 0.15) is 6.92 Å². The van der Waals surface area contributed by atoms with Crippen molar-refractivity contribution in [3.05, 3.63) is 0 Å². The van der Waals surface area contributed by atoms with Gasteiger partial charge in [0.15, 0.2) is 5.85 Å². The van der Waals surface area contributed by atoms with E-state index in [2.05, 4.69) is 4.74 Å². The lowest BCUT2D eigenvalue weighted by Crippen LogP contribution is -1.89. The van der Waals surface area contributed by atoms with Crippen LogP contribution in [-0.2, 0) is 13.9 Å². The zero-order chi connectivity index (χ0) is 9.94. The standard InChI is InChI=1S/C3H7O4P.HO3P/c1-2-3(7-2)8(4,5)6;1-4(2)3/h2-3H,1H3,(H2,4,5,6);(H-,1,2,3)/p+1/t2-,3+;/m0./s1. The maximum Gasteiger partial charge on any atom is 0.692 e. The predicted molar refractivity (Wildman–Crippen MR) is 38.4 cm³/mol. The first-order valence-corrected chi connectivity index (χ1v) is 5.65. The van der Waals surface area contributed by atoms with E-state index >= 15 is 0 Å². The lowest BCUT2D eigenvalue weighted by molar-refractivity contribution is 0.333. The minimum atomic E-state index is -3.90. The molecule has 0 aromatic heterocycles. The van der Waals surface area contributed by atoms with Crippen molar-refractivity contribution >= 4 is 15.9 Å². The molecule has 0 aromatic rings. The highest BCUT2D eigenvalue weighted by molar-refractivity contribution is 7.52. The van der Waals surface area contributed by atoms with Crippen molar-refractivity contribution in [1.82, 2.24) is 0 Å². The summed E-state index contributed by atoms with van der Waals surface area (Å²) in [5, 5.41) is 0. The number of epoxide rings is 1. The number of hydrogen-bond acceptors (Lipinski definition) is 3. The van der Waals surface area contributed by atoms with Gasteiger partial charge in [0.25, 0.3) is 0 Å². The van der Waals surface area contributed by atoms with Gasteiger partial charge in [-0.1, -0.05) is 0 Å². The van der Waals surface area contributed by atoms with Gasteiger partial charge in [-0.05, 0) is 6.92 Å². The first-order valence-electron chi connectivity index (χ1n) is 2.81. The maximum atomic E-state index is 10.2. The van der Waals surface area contributed by atoms with Crippen LogP contribution < -0.4 is 0 Å². The van der Waals surface area contributed by atoms with Gasteiger partial charge in [0.05, 0.1) is 6.10 Å². The molecule has 2 atom stereocenters. The molecular weight excluding hydrogens is 210 g/mol. The van der Waals surface area contributed by atoms with Crippen molar-refractivity contribution in [3.63, 3.8) is 0 Å². The molecule has 0 aromatic carbocycles. The van der Waals surface area contributed by atoms with Gasteiger partial charge in [0.1, 0.15) is 0 Å². The Morgan fingerprint density at radius 3 is 1.67 bits per heavy atom. The van der Waals surface area contributed by atoms with Crippen LogP contribution >= 0.6 is 15.9 Å². The summed E-state index contributed by atoms with van der Waals surface area (Å²) in [5.41, 5.74) is 0. The Hall–Kier alpha value is 0.130. The molecule has 0 spiro atoms. The van der Waals surface area contributed by atoms with Crippen LogP contribution in [0.2, 0.25) is 0 Å². The first-order chi connectivity index (χ1) is 5.25. The molecular formula is C3H9O7P2+. The highest BCUT2D eigenvalue weighted by Gasteiger charge is 2.48. The fraction of sp³-hybridized carbons (Fsp3) is 1.00. The maximum absolute atomic E-state index is 10.2. The fourth-order valence-corrected chi connectivity index (χ4v) is 1.42. The molecule has 1 saturated heterocycles. The summed E-state index contributed by atoms with van der Waals surface area (Å²) < 4.78 is 23.4. The Balaban J connectivity index is 0.000000261. The van der Waals surface area contributed by atoms with E-state index in [4.69, 9.17) is 24.1 Å². The SMILES string of the molecule is C[C@@H]1O[C@@H]1P(=O)(O)O.O=[P+](O)O. The third kappa shape index (κ3) is 5.74. The normalized spacial score (nSPS) is 27.1. The number of ether oxygens (including phenoxy) is 1. The molecule has 1 aliphatic rings. The minimum Gasteiger partial charge on any atom is -0.356 e. The van der Waals surface area contributed by atoms with Crippen molar-refractivity contribution in [1.29, 1.82) is 0 Å². The number of rotatable bonds is 1. The van der Waals surface area contributed by atoms with Gasteiger partial charge in [-0.15, -0.1) is 9.79 Å². The van der Waals surface area contributed by atoms with Crippen LogP contribution in [0.3, 0.4) is 0 Å². The average Bonchev–Trinajstić information content (AvgIpc) is 2.41. The van der Waals surface area contributed by atoms with E-state index in [-0.39, 0.29) is 6.10 Å². The summed E-state index contributed by atoms with van der Waals surface area (Å²) in [4.78, 5) is 30.9. The molecule has 0 saturated carbocycles. The molecule has 72 valence electrons. The molecule has 0 radical (unpaired) electrons. The Bertz CT molecular complexity index is 205. The van der Waals surface area contributed by atoms with Crippen molar-refractivity contribution in [2.24, 2.45) is 0 Å². The molecule has 9 heteroatoms. The van der Waals surface area contributed by atoms with E-state index in [0.717, 1.165) is 0 Å². The zero-order valence-corrected chi connectivity index (χ0v) is 7.85. The third-order valence-corrected chi connectivity index (χ3v) is 2.22. The predicted octanol–water partition coefficient (Wildman–Crippen LogP) is -0.463. The topological polar surface area (TPSA) is 128 Å². The molecule has 1 fully saturated rings. The quantitative estimate of drug-likeness (QED) is 0.347. The molecule has 0 aliphatic carbocycles. The summed E-state index contributed by atoms with van der Waals surface area (Å²) >= 11 is 0. The lowest BCUT2D eigenvalue weighted by atomic mass is 10.6. The van der Waals surface area contributed by atoms with Crippen LogP contribution in [0.4, 0.5) is 0 Å². The van der Waals surface area contributed by atoms with Crippen LogP contribution in [0, 0.1) is 0 Å². The highest BCUT2D eigenvalue weighted by Crippen LogP contribution is 2.52. The van der Waals surface area contributed by atoms with Crippen LogP contribution in [0.15, 0.2) is 0 Å². The molecule has 0 amide bonds. The van der Waals surface area contributed by atoms with E-state index in [9.17, 15) is 4.57 Å². The second-order valence-electron chi connectivity index (χ2n) is 2.07. The van der Waals surface area contributed by atoms with E-state index in [1.54, 1.807) is 6.92 Å². The fourth-order valence-electron chi connectivity index (χ4n) is 0.527. The molecule has 0 unspecified atom stereocenters. The van der Waals surface area contributed by atoms with Gasteiger partial charge in [0, 0.05) is 4.57 Å². The van der Waals surface area contributed by atoms with Crippen molar-refractivity contribution in [2.75, 3.05) is 0 Å². The first kappa shape index (κ1) is 12.1. The molecule has 1 aliphatic heterocycles. The van der Waals surface area contributed by atoms with E-state index in [0.29, 0.717) is 0 Å². The van der Waals surface area contributed by atoms with E-state index < -0.39 is 21.7 Å². The summed E-state index contributed by atoms with van der Waals surface area (Å²) in [6.07, 6.45) is -0.254. The molecule has 0 bridgehead atoms. The monoisotopic (exact) mass is 219 g/mol. The van der Waals surface area contributed by atoms with E-state index in [1.165, 1.54) is 0 Å². The summed E-state index contributed by atoms with van der Waals surface area (Å²) in [7, 11) is -6.78. The zero-order valence-electron chi connectivity index (χ0n) is 6.06. The van der Waals surface area contributed by atoms with Gasteiger partial charge in [0.2, 0.25) is 0 Å². The van der Waals surface area contributed by atoms with Gasteiger partial charge in [-0.25, -0.2) is 0 Å². The van der Waals surface area contributed by atoms with Crippen molar-refractivity contribution < 1.29 is 33.4 Å². The molecule has 7 nitrogen and oxygen atoms in total. The second-order valence-corrected chi connectivity index (χ2v) is 4.27. The Labute approximate surface area is 69.1 Å². The van der Waals surface area contributed by atoms with Crippen LogP contribution in [-0.4, -0.2) is 31.5 Å². The molecule has 12 heavy (non-hydrogen) atoms. The lowest BCUT2D eigenvalue weighted by Gasteiger charge is -1.93. The van der Waals surface area contributed by atoms with Gasteiger partial charge < -0.3 is 14.5 Å². The summed E-state index contributed by atoms with van der Waals surface area (Å²) in [6, 6.07) is 0. The third-order valence-electron chi connectivity index (χ3n) is 1.01. The van der Waals surface area contributed by atoms with Crippen molar-refractivity contribution in [3.8, 4) is 0 Å². The summed E-state index contributed by atoms with van der Waals surface area (Å²) in [5.74, 6) is -0.817. The largest absolute Gasteiger partial charge is 0.692 e. The van der Waals surface area contributed by atoms with Crippen molar-refractivity contribution in [2.45, 2.75) is 18.9 Å². The second kappa shape index (κ2) is 4.39. The Kier molecular flexibility index (Phi) is 4.44. The molecule has 4 N–H and O–H groups in total. The average molecular weight is 219 g/mol. The van der Waals surface area contributed by atoms with Gasteiger partial charge in [-0.3, -0.25) is 4.57 Å². The molecule has 1 rings (SSSR count). The van der Waals surface area contributed by atoms with E-state index in [1.807, 2.05) is 0 Å². The van der Waals surface area contributed by atoms with Gasteiger partial charge >= 0.3 is 15.9 Å². The van der Waals surface area contributed by atoms with Gasteiger partial charge in [-0.2, -0.15) is 0 Å². The van der Waals surface area contributed by atoms with Crippen LogP contribution in [0.5, 0.6) is 0 Å². The summed E-state index contributed by atoms with van der Waals surface area (Å²) in [6.45, 7) is 1.63.